The van der Waals surface area contributed by atoms with E-state index in [0.29, 0.717) is 6.54 Å². The van der Waals surface area contributed by atoms with Crippen LogP contribution in [0.25, 0.3) is 0 Å². The molecule has 1 aliphatic rings. The summed E-state index contributed by atoms with van der Waals surface area (Å²) in [4.78, 5) is 0. The van der Waals surface area contributed by atoms with Gasteiger partial charge in [0.05, 0.1) is 0 Å². The highest BCUT2D eigenvalue weighted by atomic mass is 14.8. The minimum absolute atomic E-state index is 0.646. The standard InChI is InChI=1S/C11H16N2/c12-7-9-3-4-10-2-1-5-13-8-11(10)6-9/h3-4,6,13H,1-2,5,7-8,12H2. The van der Waals surface area contributed by atoms with Crippen LogP contribution in [0.5, 0.6) is 0 Å². The second-order valence-corrected chi connectivity index (χ2v) is 3.59. The first-order chi connectivity index (χ1) is 6.40. The predicted molar refractivity (Wildman–Crippen MR) is 54.4 cm³/mol. The molecule has 0 spiro atoms. The van der Waals surface area contributed by atoms with Crippen LogP contribution < -0.4 is 11.1 Å². The van der Waals surface area contributed by atoms with Crippen molar-refractivity contribution in [1.82, 2.24) is 5.32 Å². The van der Waals surface area contributed by atoms with E-state index in [1.807, 2.05) is 0 Å². The van der Waals surface area contributed by atoms with Crippen molar-refractivity contribution in [3.8, 4) is 0 Å². The molecule has 0 aromatic heterocycles. The van der Waals surface area contributed by atoms with Crippen molar-refractivity contribution >= 4 is 0 Å². The molecular formula is C11H16N2. The zero-order chi connectivity index (χ0) is 9.10. The number of rotatable bonds is 1. The summed E-state index contributed by atoms with van der Waals surface area (Å²) in [6.07, 6.45) is 2.45. The molecule has 0 saturated carbocycles. The largest absolute Gasteiger partial charge is 0.326 e. The van der Waals surface area contributed by atoms with Crippen LogP contribution in [0.4, 0.5) is 0 Å². The van der Waals surface area contributed by atoms with Crippen LogP contribution in [0, 0.1) is 0 Å². The Morgan fingerprint density at radius 3 is 3.08 bits per heavy atom. The molecule has 3 N–H and O–H groups in total. The monoisotopic (exact) mass is 176 g/mol. The molecular weight excluding hydrogens is 160 g/mol. The molecule has 70 valence electrons. The van der Waals surface area contributed by atoms with Crippen molar-refractivity contribution in [2.45, 2.75) is 25.9 Å². The molecule has 0 unspecified atom stereocenters. The lowest BCUT2D eigenvalue weighted by Crippen LogP contribution is -2.12. The Kier molecular flexibility index (Phi) is 2.62. The van der Waals surface area contributed by atoms with E-state index < -0.39 is 0 Å². The lowest BCUT2D eigenvalue weighted by Gasteiger charge is -2.06. The summed E-state index contributed by atoms with van der Waals surface area (Å²) in [6.45, 7) is 2.78. The highest BCUT2D eigenvalue weighted by Gasteiger charge is 2.06. The fourth-order valence-corrected chi connectivity index (χ4v) is 1.84. The Hall–Kier alpha value is -0.860. The van der Waals surface area contributed by atoms with Crippen LogP contribution in [0.2, 0.25) is 0 Å². The highest BCUT2D eigenvalue weighted by Crippen LogP contribution is 2.15. The van der Waals surface area contributed by atoms with Gasteiger partial charge in [-0.2, -0.15) is 0 Å². The number of benzene rings is 1. The second-order valence-electron chi connectivity index (χ2n) is 3.59. The molecule has 0 saturated heterocycles. The fourth-order valence-electron chi connectivity index (χ4n) is 1.84. The van der Waals surface area contributed by atoms with Gasteiger partial charge in [0.25, 0.3) is 0 Å². The molecule has 2 rings (SSSR count). The van der Waals surface area contributed by atoms with Crippen molar-refractivity contribution in [2.75, 3.05) is 6.54 Å². The topological polar surface area (TPSA) is 38.0 Å². The van der Waals surface area contributed by atoms with Gasteiger partial charge < -0.3 is 11.1 Å². The Balaban J connectivity index is 2.32. The van der Waals surface area contributed by atoms with Gasteiger partial charge in [0.1, 0.15) is 0 Å². The Bertz CT molecular complexity index is 294. The van der Waals surface area contributed by atoms with Crippen molar-refractivity contribution < 1.29 is 0 Å². The van der Waals surface area contributed by atoms with Gasteiger partial charge in [0.2, 0.25) is 0 Å². The molecule has 1 aliphatic heterocycles. The average Bonchev–Trinajstić information content (AvgIpc) is 2.41. The first-order valence-electron chi connectivity index (χ1n) is 4.91. The summed E-state index contributed by atoms with van der Waals surface area (Å²) in [6, 6.07) is 6.60. The van der Waals surface area contributed by atoms with Crippen molar-refractivity contribution in [3.63, 3.8) is 0 Å². The molecule has 1 aromatic carbocycles. The van der Waals surface area contributed by atoms with Gasteiger partial charge in [0.15, 0.2) is 0 Å². The first-order valence-corrected chi connectivity index (χ1v) is 4.91. The summed E-state index contributed by atoms with van der Waals surface area (Å²) in [7, 11) is 0. The van der Waals surface area contributed by atoms with Crippen LogP contribution >= 0.6 is 0 Å². The normalized spacial score (nSPS) is 16.4. The van der Waals surface area contributed by atoms with Crippen molar-refractivity contribution in [3.05, 3.63) is 34.9 Å². The van der Waals surface area contributed by atoms with E-state index in [1.54, 1.807) is 0 Å². The van der Waals surface area contributed by atoms with Gasteiger partial charge >= 0.3 is 0 Å². The minimum Gasteiger partial charge on any atom is -0.326 e. The SMILES string of the molecule is NCc1ccc2c(c1)CNCCC2. The van der Waals surface area contributed by atoms with Gasteiger partial charge in [-0.1, -0.05) is 18.2 Å². The Morgan fingerprint density at radius 1 is 1.31 bits per heavy atom. The maximum absolute atomic E-state index is 5.60. The summed E-state index contributed by atoms with van der Waals surface area (Å²) in [5.74, 6) is 0. The number of aryl methyl sites for hydroxylation is 1. The number of nitrogens with two attached hydrogens (primary N) is 1. The second kappa shape index (κ2) is 3.90. The van der Waals surface area contributed by atoms with E-state index in [0.717, 1.165) is 13.1 Å². The quantitative estimate of drug-likeness (QED) is 0.674. The highest BCUT2D eigenvalue weighted by molar-refractivity contribution is 5.32. The molecule has 0 fully saturated rings. The van der Waals surface area contributed by atoms with E-state index in [4.69, 9.17) is 5.73 Å². The lowest BCUT2D eigenvalue weighted by atomic mass is 10.0. The van der Waals surface area contributed by atoms with Gasteiger partial charge in [0, 0.05) is 13.1 Å². The predicted octanol–water partition coefficient (Wildman–Crippen LogP) is 1.18. The van der Waals surface area contributed by atoms with Crippen LogP contribution in [0.1, 0.15) is 23.1 Å². The maximum atomic E-state index is 5.60. The van der Waals surface area contributed by atoms with Gasteiger partial charge in [-0.15, -0.1) is 0 Å². The lowest BCUT2D eigenvalue weighted by molar-refractivity contribution is 0.680. The molecule has 0 bridgehead atoms. The molecule has 0 radical (unpaired) electrons. The molecule has 0 atom stereocenters. The van der Waals surface area contributed by atoms with Crippen LogP contribution in [0.15, 0.2) is 18.2 Å². The summed E-state index contributed by atoms with van der Waals surface area (Å²) in [5, 5.41) is 3.41. The zero-order valence-corrected chi connectivity index (χ0v) is 7.84. The van der Waals surface area contributed by atoms with Gasteiger partial charge in [-0.05, 0) is 36.1 Å². The molecule has 13 heavy (non-hydrogen) atoms. The van der Waals surface area contributed by atoms with E-state index in [-0.39, 0.29) is 0 Å². The third-order valence-corrected chi connectivity index (χ3v) is 2.62. The molecule has 2 nitrogen and oxygen atoms in total. The first kappa shape index (κ1) is 8.73. The molecule has 1 aromatic rings. The summed E-state index contributed by atoms with van der Waals surface area (Å²) in [5.41, 5.74) is 9.76. The van der Waals surface area contributed by atoms with E-state index in [2.05, 4.69) is 23.5 Å². The number of nitrogens with one attached hydrogen (secondary N) is 1. The van der Waals surface area contributed by atoms with E-state index >= 15 is 0 Å². The molecule has 0 aliphatic carbocycles. The fraction of sp³-hybridized carbons (Fsp3) is 0.455. The number of fused-ring (bicyclic) bond motifs is 1. The number of hydrogen-bond donors (Lipinski definition) is 2. The van der Waals surface area contributed by atoms with Gasteiger partial charge in [-0.25, -0.2) is 0 Å². The van der Waals surface area contributed by atoms with Crippen LogP contribution in [0.3, 0.4) is 0 Å². The third kappa shape index (κ3) is 1.90. The molecule has 0 amide bonds. The Morgan fingerprint density at radius 2 is 2.23 bits per heavy atom. The number of hydrogen-bond acceptors (Lipinski definition) is 2. The minimum atomic E-state index is 0.646. The van der Waals surface area contributed by atoms with E-state index in [9.17, 15) is 0 Å². The third-order valence-electron chi connectivity index (χ3n) is 2.62. The van der Waals surface area contributed by atoms with Crippen molar-refractivity contribution in [1.29, 1.82) is 0 Å². The average molecular weight is 176 g/mol. The zero-order valence-electron chi connectivity index (χ0n) is 7.84. The van der Waals surface area contributed by atoms with E-state index in [1.165, 1.54) is 29.5 Å². The molecule has 2 heteroatoms. The Labute approximate surface area is 79.1 Å². The maximum Gasteiger partial charge on any atom is 0.0208 e. The smallest absolute Gasteiger partial charge is 0.0208 e. The molecule has 1 heterocycles. The van der Waals surface area contributed by atoms with Crippen LogP contribution in [-0.2, 0) is 19.5 Å². The van der Waals surface area contributed by atoms with Gasteiger partial charge in [-0.3, -0.25) is 0 Å². The summed E-state index contributed by atoms with van der Waals surface area (Å²) < 4.78 is 0. The van der Waals surface area contributed by atoms with Crippen molar-refractivity contribution in [2.24, 2.45) is 5.73 Å². The summed E-state index contributed by atoms with van der Waals surface area (Å²) >= 11 is 0. The van der Waals surface area contributed by atoms with Crippen LogP contribution in [-0.4, -0.2) is 6.54 Å².